The third-order valence-electron chi connectivity index (χ3n) is 3.93. The van der Waals surface area contributed by atoms with Gasteiger partial charge in [0.05, 0.1) is 6.54 Å². The molecule has 2 rings (SSSR count). The van der Waals surface area contributed by atoms with Crippen molar-refractivity contribution < 1.29 is 4.79 Å². The van der Waals surface area contributed by atoms with Gasteiger partial charge in [-0.15, -0.1) is 24.0 Å². The number of nitrogens with zero attached hydrogens (tertiary/aromatic N) is 2. The van der Waals surface area contributed by atoms with Gasteiger partial charge in [0.15, 0.2) is 5.96 Å². The summed E-state index contributed by atoms with van der Waals surface area (Å²) in [6, 6.07) is 7.88. The Hall–Kier alpha value is -1.16. The van der Waals surface area contributed by atoms with Crippen LogP contribution in [-0.4, -0.2) is 55.1 Å². The Kier molecular flexibility index (Phi) is 11.5. The normalized spacial score (nSPS) is 13.9. The van der Waals surface area contributed by atoms with E-state index in [0.717, 1.165) is 62.0 Å². The van der Waals surface area contributed by atoms with Crippen LogP contribution >= 0.6 is 35.7 Å². The quantitative estimate of drug-likeness (QED) is 0.237. The van der Waals surface area contributed by atoms with Crippen LogP contribution in [-0.2, 0) is 6.54 Å². The third-order valence-corrected chi connectivity index (χ3v) is 4.55. The second-order valence-corrected chi connectivity index (χ2v) is 6.93. The smallest absolute Gasteiger partial charge is 0.321 e. The van der Waals surface area contributed by atoms with E-state index < -0.39 is 0 Å². The highest BCUT2D eigenvalue weighted by molar-refractivity contribution is 14.0. The fourth-order valence-electron chi connectivity index (χ4n) is 2.65. The molecule has 1 heterocycles. The van der Waals surface area contributed by atoms with Gasteiger partial charge in [0.1, 0.15) is 0 Å². The van der Waals surface area contributed by atoms with Crippen LogP contribution in [0.1, 0.15) is 25.3 Å². The predicted octanol–water partition coefficient (Wildman–Crippen LogP) is 3.35. The van der Waals surface area contributed by atoms with Gasteiger partial charge in [0, 0.05) is 37.6 Å². The van der Waals surface area contributed by atoms with Crippen molar-refractivity contribution >= 4 is 53.4 Å². The monoisotopic (exact) mass is 491 g/mol. The minimum atomic E-state index is -0.00905. The minimum absolute atomic E-state index is 0. The number of hydrogen-bond acceptors (Lipinski definition) is 3. The first-order valence-electron chi connectivity index (χ1n) is 8.89. The van der Waals surface area contributed by atoms with E-state index in [4.69, 9.17) is 0 Å². The van der Waals surface area contributed by atoms with Gasteiger partial charge in [-0.2, -0.15) is 11.8 Å². The van der Waals surface area contributed by atoms with Gasteiger partial charge in [0.25, 0.3) is 0 Å². The fourth-order valence-corrected chi connectivity index (χ4v) is 2.96. The van der Waals surface area contributed by atoms with Crippen molar-refractivity contribution in [3.63, 3.8) is 0 Å². The zero-order chi connectivity index (χ0) is 17.9. The van der Waals surface area contributed by atoms with Crippen LogP contribution in [0, 0.1) is 0 Å². The van der Waals surface area contributed by atoms with Gasteiger partial charge in [-0.05, 0) is 43.7 Å². The summed E-state index contributed by atoms with van der Waals surface area (Å²) in [6.07, 6.45) is 4.28. The number of guanidine groups is 1. The summed E-state index contributed by atoms with van der Waals surface area (Å²) in [6.45, 7) is 6.05. The number of carbonyl (C=O) groups excluding carboxylic acids is 1. The molecule has 0 spiro atoms. The van der Waals surface area contributed by atoms with Crippen LogP contribution in [0.2, 0.25) is 0 Å². The number of nitrogens with one attached hydrogen (secondary N) is 3. The summed E-state index contributed by atoms with van der Waals surface area (Å²) in [5, 5.41) is 9.55. The van der Waals surface area contributed by atoms with Crippen molar-refractivity contribution in [1.82, 2.24) is 15.5 Å². The molecule has 0 unspecified atom stereocenters. The van der Waals surface area contributed by atoms with Crippen molar-refractivity contribution in [2.45, 2.75) is 26.3 Å². The van der Waals surface area contributed by atoms with Crippen LogP contribution in [0.15, 0.2) is 29.3 Å². The Morgan fingerprint density at radius 3 is 2.73 bits per heavy atom. The highest BCUT2D eigenvalue weighted by Crippen LogP contribution is 2.14. The second-order valence-electron chi connectivity index (χ2n) is 5.94. The van der Waals surface area contributed by atoms with Gasteiger partial charge in [-0.3, -0.25) is 0 Å². The van der Waals surface area contributed by atoms with E-state index in [2.05, 4.69) is 34.1 Å². The van der Waals surface area contributed by atoms with Crippen molar-refractivity contribution in [2.75, 3.05) is 43.5 Å². The molecule has 26 heavy (non-hydrogen) atoms. The molecule has 2 amide bonds. The molecule has 1 aliphatic rings. The molecule has 0 aromatic heterocycles. The zero-order valence-corrected chi connectivity index (χ0v) is 18.7. The number of halogens is 1. The van der Waals surface area contributed by atoms with E-state index in [9.17, 15) is 4.79 Å². The second kappa shape index (κ2) is 13.1. The first-order chi connectivity index (χ1) is 12.2. The molecule has 0 bridgehead atoms. The lowest BCUT2D eigenvalue weighted by atomic mass is 10.2. The number of benzene rings is 1. The number of urea groups is 1. The van der Waals surface area contributed by atoms with Crippen molar-refractivity contribution in [1.29, 1.82) is 0 Å². The first-order valence-corrected chi connectivity index (χ1v) is 10.3. The lowest BCUT2D eigenvalue weighted by molar-refractivity contribution is 0.222. The van der Waals surface area contributed by atoms with E-state index in [1.807, 2.05) is 29.2 Å². The Labute approximate surface area is 178 Å². The zero-order valence-electron chi connectivity index (χ0n) is 15.6. The molecule has 6 nitrogen and oxygen atoms in total. The van der Waals surface area contributed by atoms with Gasteiger partial charge in [0.2, 0.25) is 0 Å². The number of thioether (sulfide) groups is 1. The Balaban J connectivity index is 0.00000338. The van der Waals surface area contributed by atoms with E-state index in [1.165, 1.54) is 0 Å². The number of carbonyl (C=O) groups is 1. The number of aliphatic imine (C=N–C) groups is 1. The van der Waals surface area contributed by atoms with E-state index in [0.29, 0.717) is 6.54 Å². The summed E-state index contributed by atoms with van der Waals surface area (Å²) < 4.78 is 0. The lowest BCUT2D eigenvalue weighted by Gasteiger charge is -2.16. The fraction of sp³-hybridized carbons (Fsp3) is 0.556. The van der Waals surface area contributed by atoms with Gasteiger partial charge >= 0.3 is 6.03 Å². The Morgan fingerprint density at radius 1 is 1.27 bits per heavy atom. The average molecular weight is 491 g/mol. The van der Waals surface area contributed by atoms with Gasteiger partial charge < -0.3 is 20.9 Å². The molecular weight excluding hydrogens is 461 g/mol. The molecule has 1 fully saturated rings. The Morgan fingerprint density at radius 2 is 2.04 bits per heavy atom. The van der Waals surface area contributed by atoms with Crippen LogP contribution < -0.4 is 16.0 Å². The first kappa shape index (κ1) is 22.9. The summed E-state index contributed by atoms with van der Waals surface area (Å²) in [5.41, 5.74) is 1.89. The molecule has 1 saturated heterocycles. The molecular formula is C18H30IN5OS. The topological polar surface area (TPSA) is 68.8 Å². The average Bonchev–Trinajstić information content (AvgIpc) is 3.15. The van der Waals surface area contributed by atoms with E-state index in [1.54, 1.807) is 11.8 Å². The number of anilines is 1. The number of amides is 2. The van der Waals surface area contributed by atoms with Crippen LogP contribution in [0.4, 0.5) is 10.5 Å². The predicted molar refractivity (Wildman–Crippen MR) is 123 cm³/mol. The van der Waals surface area contributed by atoms with E-state index >= 15 is 0 Å². The van der Waals surface area contributed by atoms with E-state index in [-0.39, 0.29) is 30.0 Å². The molecule has 146 valence electrons. The largest absolute Gasteiger partial charge is 0.357 e. The standard InChI is InChI=1S/C18H29N5OS.HI/c1-3-19-17(20-9-12-25-2)21-14-15-7-6-8-16(13-15)22-18(24)23-10-4-5-11-23;/h6-8,13H,3-5,9-12,14H2,1-2H3,(H,22,24)(H2,19,20,21);1H. The maximum Gasteiger partial charge on any atom is 0.321 e. The molecule has 1 aliphatic heterocycles. The van der Waals surface area contributed by atoms with Crippen LogP contribution in [0.25, 0.3) is 0 Å². The molecule has 8 heteroatoms. The number of likely N-dealkylation sites (tertiary alicyclic amines) is 1. The molecule has 0 atom stereocenters. The molecule has 0 aliphatic carbocycles. The number of hydrogen-bond donors (Lipinski definition) is 3. The van der Waals surface area contributed by atoms with Crippen molar-refractivity contribution in [3.05, 3.63) is 29.8 Å². The summed E-state index contributed by atoms with van der Waals surface area (Å²) in [5.74, 6) is 1.87. The minimum Gasteiger partial charge on any atom is -0.357 e. The SMILES string of the molecule is CCNC(=NCc1cccc(NC(=O)N2CCCC2)c1)NCCSC.I. The molecule has 1 aromatic rings. The van der Waals surface area contributed by atoms with Crippen LogP contribution in [0.5, 0.6) is 0 Å². The Bertz CT molecular complexity index is 578. The maximum atomic E-state index is 12.2. The molecule has 0 saturated carbocycles. The van der Waals surface area contributed by atoms with Gasteiger partial charge in [-0.1, -0.05) is 12.1 Å². The van der Waals surface area contributed by atoms with Crippen molar-refractivity contribution in [2.24, 2.45) is 4.99 Å². The number of rotatable bonds is 7. The summed E-state index contributed by atoms with van der Waals surface area (Å²) >= 11 is 1.80. The summed E-state index contributed by atoms with van der Waals surface area (Å²) in [4.78, 5) is 18.7. The van der Waals surface area contributed by atoms with Crippen LogP contribution in [0.3, 0.4) is 0 Å². The molecule has 3 N–H and O–H groups in total. The lowest BCUT2D eigenvalue weighted by Crippen LogP contribution is -2.38. The maximum absolute atomic E-state index is 12.2. The van der Waals surface area contributed by atoms with Gasteiger partial charge in [-0.25, -0.2) is 9.79 Å². The highest BCUT2D eigenvalue weighted by atomic mass is 127. The van der Waals surface area contributed by atoms with Crippen molar-refractivity contribution in [3.8, 4) is 0 Å². The molecule has 1 aromatic carbocycles. The highest BCUT2D eigenvalue weighted by Gasteiger charge is 2.17. The third kappa shape index (κ3) is 8.03. The molecule has 0 radical (unpaired) electrons. The summed E-state index contributed by atoms with van der Waals surface area (Å²) in [7, 11) is 0.